The molecular formula is C26H33N3O3S. The molecule has 1 aromatic carbocycles. The van der Waals surface area contributed by atoms with Gasteiger partial charge in [-0.15, -0.1) is 11.3 Å². The summed E-state index contributed by atoms with van der Waals surface area (Å²) in [5, 5.41) is 9.21. The lowest BCUT2D eigenvalue weighted by molar-refractivity contribution is 0.0925. The number of amides is 1. The predicted octanol–water partition coefficient (Wildman–Crippen LogP) is 5.79. The molecule has 3 aromatic rings. The van der Waals surface area contributed by atoms with E-state index < -0.39 is 0 Å². The summed E-state index contributed by atoms with van der Waals surface area (Å²) in [5.74, 6) is 1.65. The van der Waals surface area contributed by atoms with Crippen molar-refractivity contribution in [3.63, 3.8) is 0 Å². The van der Waals surface area contributed by atoms with Gasteiger partial charge in [0.2, 0.25) is 0 Å². The van der Waals surface area contributed by atoms with Crippen LogP contribution in [0.3, 0.4) is 0 Å². The molecule has 1 atom stereocenters. The van der Waals surface area contributed by atoms with Crippen molar-refractivity contribution in [2.24, 2.45) is 5.92 Å². The van der Waals surface area contributed by atoms with Crippen LogP contribution in [0.15, 0.2) is 52.4 Å². The second kappa shape index (κ2) is 11.5. The molecule has 1 aliphatic rings. The fraction of sp³-hybridized carbons (Fsp3) is 0.462. The molecule has 1 unspecified atom stereocenters. The molecule has 33 heavy (non-hydrogen) atoms. The van der Waals surface area contributed by atoms with Gasteiger partial charge in [0.05, 0.1) is 12.6 Å². The summed E-state index contributed by atoms with van der Waals surface area (Å²) in [5.41, 5.74) is 1.16. The SMILES string of the molecule is CC(C)COc1ccc(-c2cc(C(=O)NCC(c3cccs3)N3CCCCCC3)no2)cc1. The maximum atomic E-state index is 12.8. The van der Waals surface area contributed by atoms with Crippen LogP contribution in [0, 0.1) is 5.92 Å². The highest BCUT2D eigenvalue weighted by Crippen LogP contribution is 2.28. The first-order valence-electron chi connectivity index (χ1n) is 11.9. The first-order valence-corrected chi connectivity index (χ1v) is 12.7. The van der Waals surface area contributed by atoms with E-state index in [1.54, 1.807) is 17.4 Å². The number of hydrogen-bond acceptors (Lipinski definition) is 6. The fourth-order valence-electron chi connectivity index (χ4n) is 4.07. The zero-order valence-electron chi connectivity index (χ0n) is 19.5. The van der Waals surface area contributed by atoms with Crippen LogP contribution in [0.2, 0.25) is 0 Å². The molecule has 0 radical (unpaired) electrons. The van der Waals surface area contributed by atoms with E-state index >= 15 is 0 Å². The molecule has 1 saturated heterocycles. The first-order chi connectivity index (χ1) is 16.1. The molecule has 0 spiro atoms. The summed E-state index contributed by atoms with van der Waals surface area (Å²) in [6.07, 6.45) is 4.99. The van der Waals surface area contributed by atoms with Crippen LogP contribution in [-0.2, 0) is 0 Å². The Bertz CT molecular complexity index is 990. The number of carbonyl (C=O) groups is 1. The van der Waals surface area contributed by atoms with Gasteiger partial charge in [-0.2, -0.15) is 0 Å². The lowest BCUT2D eigenvalue weighted by Gasteiger charge is -2.30. The normalized spacial score (nSPS) is 15.8. The van der Waals surface area contributed by atoms with Gasteiger partial charge in [0, 0.05) is 23.1 Å². The molecule has 176 valence electrons. The van der Waals surface area contributed by atoms with Crippen LogP contribution in [0.5, 0.6) is 5.75 Å². The number of aromatic nitrogens is 1. The number of rotatable bonds is 9. The predicted molar refractivity (Wildman–Crippen MR) is 132 cm³/mol. The molecule has 7 heteroatoms. The average molecular weight is 468 g/mol. The van der Waals surface area contributed by atoms with Gasteiger partial charge in [-0.3, -0.25) is 9.69 Å². The molecule has 1 N–H and O–H groups in total. The quantitative estimate of drug-likeness (QED) is 0.432. The van der Waals surface area contributed by atoms with Crippen LogP contribution >= 0.6 is 11.3 Å². The van der Waals surface area contributed by atoms with Crippen LogP contribution in [-0.4, -0.2) is 42.2 Å². The van der Waals surface area contributed by atoms with Crippen molar-refractivity contribution in [1.82, 2.24) is 15.4 Å². The van der Waals surface area contributed by atoms with E-state index in [0.717, 1.165) is 24.4 Å². The van der Waals surface area contributed by atoms with E-state index in [2.05, 4.69) is 46.7 Å². The van der Waals surface area contributed by atoms with Crippen molar-refractivity contribution >= 4 is 17.2 Å². The van der Waals surface area contributed by atoms with E-state index in [9.17, 15) is 4.79 Å². The molecule has 1 aliphatic heterocycles. The number of thiophene rings is 1. The average Bonchev–Trinajstić information content (AvgIpc) is 3.46. The van der Waals surface area contributed by atoms with Gasteiger partial charge >= 0.3 is 0 Å². The van der Waals surface area contributed by atoms with Crippen molar-refractivity contribution in [3.05, 3.63) is 58.4 Å². The topological polar surface area (TPSA) is 67.6 Å². The zero-order chi connectivity index (χ0) is 23.0. The molecule has 0 saturated carbocycles. The van der Waals surface area contributed by atoms with Crippen molar-refractivity contribution in [3.8, 4) is 17.1 Å². The van der Waals surface area contributed by atoms with Crippen molar-refractivity contribution < 1.29 is 14.1 Å². The Morgan fingerprint density at radius 3 is 2.58 bits per heavy atom. The van der Waals surface area contributed by atoms with Crippen molar-refractivity contribution in [1.29, 1.82) is 0 Å². The first kappa shape index (κ1) is 23.5. The molecule has 0 bridgehead atoms. The molecule has 6 nitrogen and oxygen atoms in total. The maximum Gasteiger partial charge on any atom is 0.273 e. The number of nitrogens with zero attached hydrogens (tertiary/aromatic N) is 2. The van der Waals surface area contributed by atoms with Gasteiger partial charge in [0.25, 0.3) is 5.91 Å². The molecule has 0 aliphatic carbocycles. The molecule has 3 heterocycles. The molecule has 4 rings (SSSR count). The van der Waals surface area contributed by atoms with Gasteiger partial charge in [-0.1, -0.05) is 37.9 Å². The lowest BCUT2D eigenvalue weighted by atomic mass is 10.1. The van der Waals surface area contributed by atoms with Crippen LogP contribution in [0.1, 0.15) is 60.9 Å². The van der Waals surface area contributed by atoms with Crippen molar-refractivity contribution in [2.75, 3.05) is 26.2 Å². The maximum absolute atomic E-state index is 12.8. The zero-order valence-corrected chi connectivity index (χ0v) is 20.3. The Labute approximate surface area is 199 Å². The number of nitrogens with one attached hydrogen (secondary N) is 1. The molecule has 2 aromatic heterocycles. The Morgan fingerprint density at radius 1 is 1.15 bits per heavy atom. The highest BCUT2D eigenvalue weighted by Gasteiger charge is 2.24. The lowest BCUT2D eigenvalue weighted by Crippen LogP contribution is -2.38. The summed E-state index contributed by atoms with van der Waals surface area (Å²) >= 11 is 1.75. The third-order valence-electron chi connectivity index (χ3n) is 5.87. The second-order valence-corrected chi connectivity index (χ2v) is 9.98. The van der Waals surface area contributed by atoms with Crippen molar-refractivity contribution in [2.45, 2.75) is 45.6 Å². The van der Waals surface area contributed by atoms with E-state index in [-0.39, 0.29) is 11.9 Å². The van der Waals surface area contributed by atoms with E-state index in [1.807, 2.05) is 24.3 Å². The van der Waals surface area contributed by atoms with Gasteiger partial charge in [0.15, 0.2) is 11.5 Å². The number of carbonyl (C=O) groups excluding carboxylic acids is 1. The number of hydrogen-bond donors (Lipinski definition) is 1. The third-order valence-corrected chi connectivity index (χ3v) is 6.85. The molecule has 1 fully saturated rings. The largest absolute Gasteiger partial charge is 0.493 e. The number of likely N-dealkylation sites (tertiary alicyclic amines) is 1. The van der Waals surface area contributed by atoms with E-state index in [1.165, 1.54) is 30.6 Å². The Kier molecular flexibility index (Phi) is 8.18. The van der Waals surface area contributed by atoms with E-state index in [4.69, 9.17) is 9.26 Å². The Hall–Kier alpha value is -2.64. The smallest absolute Gasteiger partial charge is 0.273 e. The second-order valence-electron chi connectivity index (χ2n) is 9.00. The van der Waals surface area contributed by atoms with Crippen LogP contribution < -0.4 is 10.1 Å². The van der Waals surface area contributed by atoms with Gasteiger partial charge in [-0.25, -0.2) is 0 Å². The highest BCUT2D eigenvalue weighted by atomic mass is 32.1. The summed E-state index contributed by atoms with van der Waals surface area (Å²) in [6.45, 7) is 7.62. The van der Waals surface area contributed by atoms with E-state index in [0.29, 0.717) is 30.5 Å². The summed E-state index contributed by atoms with van der Waals surface area (Å²) in [4.78, 5) is 16.6. The Morgan fingerprint density at radius 2 is 1.91 bits per heavy atom. The molecule has 1 amide bonds. The fourth-order valence-corrected chi connectivity index (χ4v) is 4.93. The molecular weight excluding hydrogens is 434 g/mol. The third kappa shape index (κ3) is 6.45. The van der Waals surface area contributed by atoms with Gasteiger partial charge < -0.3 is 14.6 Å². The number of benzene rings is 1. The monoisotopic (exact) mass is 467 g/mol. The minimum Gasteiger partial charge on any atom is -0.493 e. The van der Waals surface area contributed by atoms with Crippen LogP contribution in [0.4, 0.5) is 0 Å². The summed E-state index contributed by atoms with van der Waals surface area (Å²) in [6, 6.07) is 13.8. The minimum atomic E-state index is -0.210. The Balaban J connectivity index is 1.38. The number of ether oxygens (including phenoxy) is 1. The summed E-state index contributed by atoms with van der Waals surface area (Å²) in [7, 11) is 0. The van der Waals surface area contributed by atoms with Gasteiger partial charge in [0.1, 0.15) is 5.75 Å². The summed E-state index contributed by atoms with van der Waals surface area (Å²) < 4.78 is 11.2. The van der Waals surface area contributed by atoms with Crippen LogP contribution in [0.25, 0.3) is 11.3 Å². The highest BCUT2D eigenvalue weighted by molar-refractivity contribution is 7.10. The standard InChI is InChI=1S/C26H33N3O3S/c1-19(2)18-31-21-11-9-20(10-12-21)24-16-22(28-32-24)26(30)27-17-23(25-8-7-15-33-25)29-13-5-3-4-6-14-29/h7-12,15-16,19,23H,3-6,13-14,17-18H2,1-2H3,(H,27,30). The van der Waals surface area contributed by atoms with Gasteiger partial charge in [-0.05, 0) is 67.6 Å². The minimum absolute atomic E-state index is 0.191.